The third kappa shape index (κ3) is 7.85. The minimum absolute atomic E-state index is 0.264. The summed E-state index contributed by atoms with van der Waals surface area (Å²) in [7, 11) is 0. The van der Waals surface area contributed by atoms with E-state index < -0.39 is 0 Å². The second kappa shape index (κ2) is 12.2. The van der Waals surface area contributed by atoms with E-state index in [9.17, 15) is 4.79 Å². The summed E-state index contributed by atoms with van der Waals surface area (Å²) in [5.41, 5.74) is 5.58. The molecule has 0 fully saturated rings. The minimum Gasteiger partial charge on any atom is -0.342 e. The number of unbranched alkanes of at least 4 members (excludes halogenated alkanes) is 1. The Morgan fingerprint density at radius 1 is 1.05 bits per heavy atom. The highest BCUT2D eigenvalue weighted by Gasteiger charge is 2.19. The quantitative estimate of drug-likeness (QED) is 0.599. The molecule has 0 radical (unpaired) electrons. The van der Waals surface area contributed by atoms with E-state index in [4.69, 9.17) is 5.73 Å². The predicted octanol–water partition coefficient (Wildman–Crippen LogP) is 2.47. The van der Waals surface area contributed by atoms with E-state index in [-0.39, 0.29) is 5.91 Å². The molecule has 20 heavy (non-hydrogen) atoms. The van der Waals surface area contributed by atoms with Gasteiger partial charge in [-0.25, -0.2) is 0 Å². The minimum atomic E-state index is 0.264. The van der Waals surface area contributed by atoms with Gasteiger partial charge in [-0.15, -0.1) is 0 Å². The monoisotopic (exact) mass is 285 g/mol. The molecule has 0 spiro atoms. The molecule has 4 heteroatoms. The second-order valence-electron chi connectivity index (χ2n) is 5.60. The molecule has 0 bridgehead atoms. The Labute approximate surface area is 125 Å². The SMILES string of the molecule is CCCCN(CCCN)C(=O)CN(CCC)C(C)CC. The van der Waals surface area contributed by atoms with Crippen molar-refractivity contribution in [2.24, 2.45) is 5.73 Å². The van der Waals surface area contributed by atoms with E-state index in [1.54, 1.807) is 0 Å². The van der Waals surface area contributed by atoms with Gasteiger partial charge in [-0.05, 0) is 45.7 Å². The van der Waals surface area contributed by atoms with Crippen LogP contribution in [0.3, 0.4) is 0 Å². The van der Waals surface area contributed by atoms with Crippen LogP contribution in [0.25, 0.3) is 0 Å². The lowest BCUT2D eigenvalue weighted by atomic mass is 10.2. The van der Waals surface area contributed by atoms with E-state index in [2.05, 4.69) is 32.6 Å². The normalized spacial score (nSPS) is 12.7. The standard InChI is InChI=1S/C16H35N3O/c1-5-8-12-18(13-9-10-17)16(20)14-19(11-6-2)15(4)7-3/h15H,5-14,17H2,1-4H3. The van der Waals surface area contributed by atoms with Crippen LogP contribution in [-0.4, -0.2) is 54.5 Å². The van der Waals surface area contributed by atoms with Crippen molar-refractivity contribution < 1.29 is 4.79 Å². The molecule has 1 atom stereocenters. The number of carbonyl (C=O) groups is 1. The molecule has 0 aliphatic heterocycles. The highest BCUT2D eigenvalue weighted by atomic mass is 16.2. The first-order valence-electron chi connectivity index (χ1n) is 8.32. The van der Waals surface area contributed by atoms with Crippen molar-refractivity contribution in [3.8, 4) is 0 Å². The van der Waals surface area contributed by atoms with E-state index in [1.165, 1.54) is 0 Å². The molecule has 0 saturated heterocycles. The Bertz CT molecular complexity index is 238. The summed E-state index contributed by atoms with van der Waals surface area (Å²) in [4.78, 5) is 16.8. The maximum Gasteiger partial charge on any atom is 0.236 e. The van der Waals surface area contributed by atoms with E-state index in [0.717, 1.165) is 51.7 Å². The van der Waals surface area contributed by atoms with Gasteiger partial charge in [0.25, 0.3) is 0 Å². The van der Waals surface area contributed by atoms with E-state index >= 15 is 0 Å². The van der Waals surface area contributed by atoms with Crippen molar-refractivity contribution in [3.63, 3.8) is 0 Å². The summed E-state index contributed by atoms with van der Waals surface area (Å²) in [6, 6.07) is 0.474. The van der Waals surface area contributed by atoms with Crippen LogP contribution < -0.4 is 5.73 Å². The molecule has 0 heterocycles. The molecule has 2 N–H and O–H groups in total. The lowest BCUT2D eigenvalue weighted by Crippen LogP contribution is -2.44. The molecule has 120 valence electrons. The maximum absolute atomic E-state index is 12.5. The van der Waals surface area contributed by atoms with Gasteiger partial charge in [0, 0.05) is 19.1 Å². The fourth-order valence-electron chi connectivity index (χ4n) is 2.27. The maximum atomic E-state index is 12.5. The van der Waals surface area contributed by atoms with Crippen molar-refractivity contribution in [2.45, 2.75) is 65.8 Å². The van der Waals surface area contributed by atoms with Gasteiger partial charge in [0.05, 0.1) is 6.54 Å². The number of hydrogen-bond donors (Lipinski definition) is 1. The highest BCUT2D eigenvalue weighted by Crippen LogP contribution is 2.07. The lowest BCUT2D eigenvalue weighted by molar-refractivity contribution is -0.133. The van der Waals surface area contributed by atoms with E-state index in [0.29, 0.717) is 19.1 Å². The van der Waals surface area contributed by atoms with Crippen LogP contribution in [0, 0.1) is 0 Å². The predicted molar refractivity (Wildman–Crippen MR) is 86.8 cm³/mol. The Morgan fingerprint density at radius 2 is 1.70 bits per heavy atom. The molecule has 0 aromatic rings. The summed E-state index contributed by atoms with van der Waals surface area (Å²) in [6.07, 6.45) is 5.27. The number of hydrogen-bond acceptors (Lipinski definition) is 3. The van der Waals surface area contributed by atoms with Gasteiger partial charge >= 0.3 is 0 Å². The van der Waals surface area contributed by atoms with Gasteiger partial charge in [-0.1, -0.05) is 27.2 Å². The van der Waals surface area contributed by atoms with Gasteiger partial charge in [0.1, 0.15) is 0 Å². The third-order valence-corrected chi connectivity index (χ3v) is 3.83. The summed E-state index contributed by atoms with van der Waals surface area (Å²) in [5.74, 6) is 0.264. The molecular weight excluding hydrogens is 250 g/mol. The van der Waals surface area contributed by atoms with Crippen LogP contribution >= 0.6 is 0 Å². The zero-order valence-electron chi connectivity index (χ0n) is 14.0. The Hall–Kier alpha value is -0.610. The van der Waals surface area contributed by atoms with Crippen molar-refractivity contribution in [2.75, 3.05) is 32.7 Å². The molecule has 0 aromatic heterocycles. The van der Waals surface area contributed by atoms with Crippen molar-refractivity contribution in [1.82, 2.24) is 9.80 Å². The van der Waals surface area contributed by atoms with Gasteiger partial charge < -0.3 is 10.6 Å². The van der Waals surface area contributed by atoms with Crippen molar-refractivity contribution in [1.29, 1.82) is 0 Å². The number of amides is 1. The first-order valence-corrected chi connectivity index (χ1v) is 8.32. The fraction of sp³-hybridized carbons (Fsp3) is 0.938. The Kier molecular flexibility index (Phi) is 11.8. The summed E-state index contributed by atoms with van der Waals surface area (Å²) < 4.78 is 0. The number of carbonyl (C=O) groups excluding carboxylic acids is 1. The van der Waals surface area contributed by atoms with Crippen LogP contribution in [-0.2, 0) is 4.79 Å². The fourth-order valence-corrected chi connectivity index (χ4v) is 2.27. The third-order valence-electron chi connectivity index (χ3n) is 3.83. The Balaban J connectivity index is 4.50. The topological polar surface area (TPSA) is 49.6 Å². The largest absolute Gasteiger partial charge is 0.342 e. The summed E-state index contributed by atoms with van der Waals surface area (Å²) in [5, 5.41) is 0. The molecule has 0 saturated carbocycles. The van der Waals surface area contributed by atoms with Crippen LogP contribution in [0.2, 0.25) is 0 Å². The second-order valence-corrected chi connectivity index (χ2v) is 5.60. The molecule has 4 nitrogen and oxygen atoms in total. The molecule has 1 amide bonds. The molecule has 0 aliphatic carbocycles. The van der Waals surface area contributed by atoms with Gasteiger partial charge in [-0.3, -0.25) is 9.69 Å². The first kappa shape index (κ1) is 19.4. The lowest BCUT2D eigenvalue weighted by Gasteiger charge is -2.30. The van der Waals surface area contributed by atoms with Crippen LogP contribution in [0.5, 0.6) is 0 Å². The van der Waals surface area contributed by atoms with E-state index in [1.807, 2.05) is 4.90 Å². The molecule has 1 unspecified atom stereocenters. The van der Waals surface area contributed by atoms with Gasteiger partial charge in [0.2, 0.25) is 5.91 Å². The molecule has 0 aliphatic rings. The zero-order chi connectivity index (χ0) is 15.4. The van der Waals surface area contributed by atoms with Crippen LogP contribution in [0.15, 0.2) is 0 Å². The average molecular weight is 285 g/mol. The van der Waals surface area contributed by atoms with Gasteiger partial charge in [-0.2, -0.15) is 0 Å². The Morgan fingerprint density at radius 3 is 2.20 bits per heavy atom. The molecule has 0 aromatic carbocycles. The van der Waals surface area contributed by atoms with Crippen LogP contribution in [0.4, 0.5) is 0 Å². The highest BCUT2D eigenvalue weighted by molar-refractivity contribution is 5.78. The number of rotatable bonds is 12. The molecule has 0 rings (SSSR count). The van der Waals surface area contributed by atoms with Gasteiger partial charge in [0.15, 0.2) is 0 Å². The zero-order valence-corrected chi connectivity index (χ0v) is 14.0. The smallest absolute Gasteiger partial charge is 0.236 e. The van der Waals surface area contributed by atoms with Crippen molar-refractivity contribution in [3.05, 3.63) is 0 Å². The number of nitrogens with zero attached hydrogens (tertiary/aromatic N) is 2. The first-order chi connectivity index (χ1) is 9.60. The molecular formula is C16H35N3O. The average Bonchev–Trinajstić information content (AvgIpc) is 2.45. The number of nitrogens with two attached hydrogens (primary N) is 1. The summed E-state index contributed by atoms with van der Waals surface area (Å²) >= 11 is 0. The van der Waals surface area contributed by atoms with Crippen LogP contribution in [0.1, 0.15) is 59.8 Å². The summed E-state index contributed by atoms with van der Waals surface area (Å²) in [6.45, 7) is 12.6. The van der Waals surface area contributed by atoms with Crippen molar-refractivity contribution >= 4 is 5.91 Å².